The highest BCUT2D eigenvalue weighted by Crippen LogP contribution is 2.19. The number of hydrogen-bond acceptors (Lipinski definition) is 3. The van der Waals surface area contributed by atoms with Crippen molar-refractivity contribution in [1.82, 2.24) is 10.3 Å². The lowest BCUT2D eigenvalue weighted by Crippen LogP contribution is -2.42. The molecule has 1 fully saturated rings. The molecular formula is C17H22N2O2. The van der Waals surface area contributed by atoms with E-state index in [1.165, 1.54) is 0 Å². The van der Waals surface area contributed by atoms with Crippen molar-refractivity contribution in [3.63, 3.8) is 0 Å². The maximum absolute atomic E-state index is 12.1. The number of pyridine rings is 1. The van der Waals surface area contributed by atoms with E-state index in [0.717, 1.165) is 47.7 Å². The van der Waals surface area contributed by atoms with Crippen molar-refractivity contribution in [2.24, 2.45) is 0 Å². The topological polar surface area (TPSA) is 65.1 Å². The summed E-state index contributed by atoms with van der Waals surface area (Å²) in [4.78, 5) is 15.1. The van der Waals surface area contributed by atoms with Crippen LogP contribution in [-0.2, 0) is 6.54 Å². The first-order chi connectivity index (χ1) is 10.1. The Morgan fingerprint density at radius 3 is 2.90 bits per heavy atom. The maximum Gasteiger partial charge on any atom is 0.252 e. The van der Waals surface area contributed by atoms with Gasteiger partial charge in [0.05, 0.1) is 6.10 Å². The van der Waals surface area contributed by atoms with E-state index in [1.807, 2.05) is 31.2 Å². The van der Waals surface area contributed by atoms with Gasteiger partial charge < -0.3 is 15.4 Å². The van der Waals surface area contributed by atoms with Crippen molar-refractivity contribution in [2.45, 2.75) is 51.3 Å². The standard InChI is InChI=1S/C17H22N2O2/c1-11-6-7-12-9-13(17(21)19-15(12)8-11)10-18-14-4-2-3-5-16(14)20/h6-9,14,16,18,20H,2-5,10H2,1H3,(H,19,21)/t14-,16-/m0/s1. The lowest BCUT2D eigenvalue weighted by Gasteiger charge is -2.28. The van der Waals surface area contributed by atoms with Crippen LogP contribution in [0.4, 0.5) is 0 Å². The van der Waals surface area contributed by atoms with Crippen LogP contribution in [-0.4, -0.2) is 22.2 Å². The van der Waals surface area contributed by atoms with Crippen molar-refractivity contribution >= 4 is 10.9 Å². The third-order valence-corrected chi connectivity index (χ3v) is 4.36. The fraction of sp³-hybridized carbons (Fsp3) is 0.471. The summed E-state index contributed by atoms with van der Waals surface area (Å²) < 4.78 is 0. The van der Waals surface area contributed by atoms with Gasteiger partial charge in [0.25, 0.3) is 5.56 Å². The van der Waals surface area contributed by atoms with Gasteiger partial charge in [0.2, 0.25) is 0 Å². The van der Waals surface area contributed by atoms with Crippen LogP contribution in [0.25, 0.3) is 10.9 Å². The van der Waals surface area contributed by atoms with Crippen LogP contribution in [0.1, 0.15) is 36.8 Å². The molecule has 112 valence electrons. The van der Waals surface area contributed by atoms with E-state index in [9.17, 15) is 9.90 Å². The molecular weight excluding hydrogens is 264 g/mol. The number of aromatic amines is 1. The van der Waals surface area contributed by atoms with Gasteiger partial charge in [-0.2, -0.15) is 0 Å². The van der Waals surface area contributed by atoms with Crippen molar-refractivity contribution in [3.05, 3.63) is 45.7 Å². The van der Waals surface area contributed by atoms with E-state index in [2.05, 4.69) is 10.3 Å². The summed E-state index contributed by atoms with van der Waals surface area (Å²) in [5.74, 6) is 0. The number of aromatic nitrogens is 1. The van der Waals surface area contributed by atoms with Crippen LogP contribution >= 0.6 is 0 Å². The van der Waals surface area contributed by atoms with E-state index >= 15 is 0 Å². The molecule has 2 aromatic rings. The second-order valence-electron chi connectivity index (χ2n) is 6.05. The number of H-pyrrole nitrogens is 1. The van der Waals surface area contributed by atoms with Crippen LogP contribution < -0.4 is 10.9 Å². The number of aliphatic hydroxyl groups excluding tert-OH is 1. The van der Waals surface area contributed by atoms with Crippen LogP contribution in [0.2, 0.25) is 0 Å². The van der Waals surface area contributed by atoms with Crippen molar-refractivity contribution in [2.75, 3.05) is 0 Å². The van der Waals surface area contributed by atoms with E-state index < -0.39 is 0 Å². The number of fused-ring (bicyclic) bond motifs is 1. The maximum atomic E-state index is 12.1. The monoisotopic (exact) mass is 286 g/mol. The average molecular weight is 286 g/mol. The summed E-state index contributed by atoms with van der Waals surface area (Å²) in [6.07, 6.45) is 3.77. The summed E-state index contributed by atoms with van der Waals surface area (Å²) in [5.41, 5.74) is 2.69. The van der Waals surface area contributed by atoms with Gasteiger partial charge in [0.15, 0.2) is 0 Å². The molecule has 0 amide bonds. The van der Waals surface area contributed by atoms with Crippen LogP contribution in [0.3, 0.4) is 0 Å². The van der Waals surface area contributed by atoms with E-state index in [1.54, 1.807) is 0 Å². The van der Waals surface area contributed by atoms with Crippen molar-refractivity contribution in [3.8, 4) is 0 Å². The molecule has 1 aliphatic rings. The fourth-order valence-electron chi connectivity index (χ4n) is 3.08. The molecule has 0 radical (unpaired) electrons. The Balaban J connectivity index is 1.79. The van der Waals surface area contributed by atoms with Crippen molar-refractivity contribution in [1.29, 1.82) is 0 Å². The van der Waals surface area contributed by atoms with Gasteiger partial charge in [-0.1, -0.05) is 25.0 Å². The molecule has 1 saturated carbocycles. The lowest BCUT2D eigenvalue weighted by molar-refractivity contribution is 0.0902. The second kappa shape index (κ2) is 6.00. The Labute approximate surface area is 124 Å². The first-order valence-corrected chi connectivity index (χ1v) is 7.67. The zero-order valence-corrected chi connectivity index (χ0v) is 12.4. The van der Waals surface area contributed by atoms with Gasteiger partial charge >= 0.3 is 0 Å². The van der Waals surface area contributed by atoms with Crippen molar-refractivity contribution < 1.29 is 5.11 Å². The predicted octanol–water partition coefficient (Wildman–Crippen LogP) is 2.23. The molecule has 21 heavy (non-hydrogen) atoms. The average Bonchev–Trinajstić information content (AvgIpc) is 2.46. The normalized spacial score (nSPS) is 22.6. The molecule has 0 spiro atoms. The molecule has 4 nitrogen and oxygen atoms in total. The lowest BCUT2D eigenvalue weighted by atomic mass is 9.92. The SMILES string of the molecule is Cc1ccc2cc(CN[C@H]3CCCC[C@@H]3O)c(=O)[nH]c2c1. The van der Waals surface area contributed by atoms with Gasteiger partial charge in [-0.05, 0) is 42.8 Å². The first-order valence-electron chi connectivity index (χ1n) is 7.67. The van der Waals surface area contributed by atoms with E-state index in [4.69, 9.17) is 0 Å². The smallest absolute Gasteiger partial charge is 0.252 e. The Morgan fingerprint density at radius 1 is 1.29 bits per heavy atom. The largest absolute Gasteiger partial charge is 0.392 e. The molecule has 0 unspecified atom stereocenters. The van der Waals surface area contributed by atoms with Gasteiger partial charge in [0.1, 0.15) is 0 Å². The van der Waals surface area contributed by atoms with Gasteiger partial charge in [0, 0.05) is 23.7 Å². The fourth-order valence-corrected chi connectivity index (χ4v) is 3.08. The molecule has 0 bridgehead atoms. The van der Waals surface area contributed by atoms with E-state index in [-0.39, 0.29) is 17.7 Å². The molecule has 1 aliphatic carbocycles. The highest BCUT2D eigenvalue weighted by molar-refractivity contribution is 5.79. The predicted molar refractivity (Wildman–Crippen MR) is 84.4 cm³/mol. The van der Waals surface area contributed by atoms with Crippen LogP contribution in [0.5, 0.6) is 0 Å². The molecule has 4 heteroatoms. The summed E-state index contributed by atoms with van der Waals surface area (Å²) in [6.45, 7) is 2.51. The number of hydrogen-bond donors (Lipinski definition) is 3. The van der Waals surface area contributed by atoms with Gasteiger partial charge in [-0.25, -0.2) is 0 Å². The zero-order chi connectivity index (χ0) is 14.8. The minimum absolute atomic E-state index is 0.0501. The Hall–Kier alpha value is -1.65. The summed E-state index contributed by atoms with van der Waals surface area (Å²) >= 11 is 0. The number of benzene rings is 1. The molecule has 3 rings (SSSR count). The summed E-state index contributed by atoms with van der Waals surface area (Å²) in [5, 5.41) is 14.3. The summed E-state index contributed by atoms with van der Waals surface area (Å²) in [7, 11) is 0. The number of nitrogens with one attached hydrogen (secondary N) is 2. The first kappa shape index (κ1) is 14.3. The molecule has 3 N–H and O–H groups in total. The highest BCUT2D eigenvalue weighted by Gasteiger charge is 2.22. The number of aryl methyl sites for hydroxylation is 1. The Bertz CT molecular complexity index is 693. The van der Waals surface area contributed by atoms with E-state index in [0.29, 0.717) is 6.54 Å². The summed E-state index contributed by atoms with van der Waals surface area (Å²) in [6, 6.07) is 8.10. The Morgan fingerprint density at radius 2 is 2.10 bits per heavy atom. The quantitative estimate of drug-likeness (QED) is 0.810. The third kappa shape index (κ3) is 3.17. The number of rotatable bonds is 3. The minimum Gasteiger partial charge on any atom is -0.392 e. The Kier molecular flexibility index (Phi) is 4.08. The minimum atomic E-state index is -0.291. The molecule has 1 aromatic carbocycles. The zero-order valence-electron chi connectivity index (χ0n) is 12.4. The molecule has 0 saturated heterocycles. The second-order valence-corrected chi connectivity index (χ2v) is 6.05. The third-order valence-electron chi connectivity index (χ3n) is 4.36. The van der Waals surface area contributed by atoms with Crippen LogP contribution in [0, 0.1) is 6.92 Å². The number of aliphatic hydroxyl groups is 1. The molecule has 1 heterocycles. The molecule has 2 atom stereocenters. The van der Waals surface area contributed by atoms with Gasteiger partial charge in [-0.15, -0.1) is 0 Å². The van der Waals surface area contributed by atoms with Gasteiger partial charge in [-0.3, -0.25) is 4.79 Å². The molecule has 0 aliphatic heterocycles. The highest BCUT2D eigenvalue weighted by atomic mass is 16.3. The van der Waals surface area contributed by atoms with Crippen LogP contribution in [0.15, 0.2) is 29.1 Å². The molecule has 1 aromatic heterocycles.